The van der Waals surface area contributed by atoms with E-state index >= 15 is 0 Å². The summed E-state index contributed by atoms with van der Waals surface area (Å²) in [5.41, 5.74) is 5.86. The molecule has 2 heterocycles. The Morgan fingerprint density at radius 1 is 1.10 bits per heavy atom. The number of hydrogen-bond acceptors (Lipinski definition) is 5. The molecule has 2 atom stereocenters. The van der Waals surface area contributed by atoms with Crippen molar-refractivity contribution in [2.45, 2.75) is 44.6 Å². The molecular weight excluding hydrogens is 390 g/mol. The fourth-order valence-electron chi connectivity index (χ4n) is 4.00. The number of carbonyl (C=O) groups excluding carboxylic acids is 1. The van der Waals surface area contributed by atoms with Gasteiger partial charge in [0.1, 0.15) is 0 Å². The summed E-state index contributed by atoms with van der Waals surface area (Å²) < 4.78 is 5.42. The number of hydroxylamine groups is 1. The van der Waals surface area contributed by atoms with Crippen LogP contribution >= 0.6 is 0 Å². The fourth-order valence-corrected chi connectivity index (χ4v) is 4.00. The number of nitrogens with zero attached hydrogens (tertiary/aromatic N) is 1. The first-order valence-corrected chi connectivity index (χ1v) is 11.1. The van der Waals surface area contributed by atoms with Gasteiger partial charge >= 0.3 is 0 Å². The van der Waals surface area contributed by atoms with Gasteiger partial charge in [0.25, 0.3) is 5.91 Å². The van der Waals surface area contributed by atoms with Crippen LogP contribution in [0.15, 0.2) is 60.7 Å². The SMILES string of the molecule is O=C(/C=C/c1ccc(N[C@@H]2CCN(Cc3ccccc3)C2)cc1)NOC1CCCCO1. The number of likely N-dealkylation sites (tertiary alicyclic amines) is 1. The first-order chi connectivity index (χ1) is 15.2. The Balaban J connectivity index is 1.19. The van der Waals surface area contributed by atoms with Gasteiger partial charge in [0.05, 0.1) is 0 Å². The second kappa shape index (κ2) is 11.1. The smallest absolute Gasteiger partial charge is 0.267 e. The Morgan fingerprint density at radius 3 is 2.71 bits per heavy atom. The van der Waals surface area contributed by atoms with Gasteiger partial charge in [-0.05, 0) is 48.6 Å². The lowest BCUT2D eigenvalue weighted by Crippen LogP contribution is -2.32. The highest BCUT2D eigenvalue weighted by atomic mass is 16.8. The molecule has 1 amide bonds. The quantitative estimate of drug-likeness (QED) is 0.499. The first-order valence-electron chi connectivity index (χ1n) is 11.1. The molecule has 0 spiro atoms. The van der Waals surface area contributed by atoms with Crippen LogP contribution in [0.5, 0.6) is 0 Å². The zero-order valence-corrected chi connectivity index (χ0v) is 17.8. The van der Waals surface area contributed by atoms with Crippen molar-refractivity contribution in [3.05, 3.63) is 71.8 Å². The van der Waals surface area contributed by atoms with Crippen molar-refractivity contribution in [2.75, 3.05) is 25.0 Å². The molecule has 0 radical (unpaired) electrons. The van der Waals surface area contributed by atoms with E-state index in [2.05, 4.69) is 58.2 Å². The van der Waals surface area contributed by atoms with Crippen molar-refractivity contribution in [2.24, 2.45) is 0 Å². The highest BCUT2D eigenvalue weighted by molar-refractivity contribution is 5.91. The lowest BCUT2D eigenvalue weighted by Gasteiger charge is -2.21. The minimum Gasteiger partial charge on any atom is -0.381 e. The second-order valence-electron chi connectivity index (χ2n) is 8.19. The number of hydrogen-bond donors (Lipinski definition) is 2. The van der Waals surface area contributed by atoms with E-state index in [0.29, 0.717) is 12.6 Å². The van der Waals surface area contributed by atoms with E-state index in [4.69, 9.17) is 9.57 Å². The van der Waals surface area contributed by atoms with Crippen molar-refractivity contribution in [3.8, 4) is 0 Å². The predicted octanol–water partition coefficient (Wildman–Crippen LogP) is 3.96. The normalized spacial score (nSPS) is 21.9. The van der Waals surface area contributed by atoms with Crippen molar-refractivity contribution < 1.29 is 14.4 Å². The highest BCUT2D eigenvalue weighted by Crippen LogP contribution is 2.19. The zero-order valence-electron chi connectivity index (χ0n) is 17.8. The molecule has 0 saturated carbocycles. The third-order valence-electron chi connectivity index (χ3n) is 5.66. The van der Waals surface area contributed by atoms with Crippen LogP contribution in [0, 0.1) is 0 Å². The van der Waals surface area contributed by atoms with Gasteiger partial charge in [0, 0.05) is 50.5 Å². The maximum absolute atomic E-state index is 11.9. The van der Waals surface area contributed by atoms with Crippen LogP contribution in [0.4, 0.5) is 5.69 Å². The standard InChI is InChI=1S/C25H31N3O3/c29-24(27-31-25-8-4-5-17-30-25)14-11-20-9-12-22(13-10-20)26-23-15-16-28(19-23)18-21-6-2-1-3-7-21/h1-3,6-7,9-14,23,25-26H,4-5,8,15-19H2,(H,27,29)/b14-11+/t23-,25?/m1/s1. The Kier molecular flexibility index (Phi) is 7.71. The van der Waals surface area contributed by atoms with Gasteiger partial charge in [-0.15, -0.1) is 0 Å². The number of carbonyl (C=O) groups is 1. The number of nitrogens with one attached hydrogen (secondary N) is 2. The minimum absolute atomic E-state index is 0.291. The lowest BCUT2D eigenvalue weighted by atomic mass is 10.1. The van der Waals surface area contributed by atoms with Crippen molar-refractivity contribution in [1.82, 2.24) is 10.4 Å². The minimum atomic E-state index is -0.337. The third kappa shape index (κ3) is 6.92. The molecule has 6 nitrogen and oxygen atoms in total. The Hall–Kier alpha value is -2.67. The van der Waals surface area contributed by atoms with Crippen LogP contribution in [0.2, 0.25) is 0 Å². The predicted molar refractivity (Wildman–Crippen MR) is 122 cm³/mol. The molecule has 0 aromatic heterocycles. The Morgan fingerprint density at radius 2 is 1.94 bits per heavy atom. The number of rotatable bonds is 8. The molecule has 0 bridgehead atoms. The van der Waals surface area contributed by atoms with E-state index in [0.717, 1.165) is 56.6 Å². The summed E-state index contributed by atoms with van der Waals surface area (Å²) in [6.07, 6.45) is 6.97. The summed E-state index contributed by atoms with van der Waals surface area (Å²) in [7, 11) is 0. The van der Waals surface area contributed by atoms with Crippen LogP contribution in [0.1, 0.15) is 36.8 Å². The van der Waals surface area contributed by atoms with Gasteiger partial charge in [0.15, 0.2) is 6.29 Å². The van der Waals surface area contributed by atoms with E-state index in [1.54, 1.807) is 6.08 Å². The molecule has 2 saturated heterocycles. The molecule has 164 valence electrons. The molecule has 2 N–H and O–H groups in total. The number of ether oxygens (including phenoxy) is 1. The van der Waals surface area contributed by atoms with Crippen LogP contribution in [0.25, 0.3) is 6.08 Å². The van der Waals surface area contributed by atoms with E-state index in [1.807, 2.05) is 12.1 Å². The molecule has 31 heavy (non-hydrogen) atoms. The molecule has 2 fully saturated rings. The van der Waals surface area contributed by atoms with Crippen molar-refractivity contribution in [1.29, 1.82) is 0 Å². The summed E-state index contributed by atoms with van der Waals surface area (Å²) in [4.78, 5) is 19.7. The topological polar surface area (TPSA) is 62.8 Å². The first kappa shape index (κ1) is 21.6. The van der Waals surface area contributed by atoms with Gasteiger partial charge in [-0.2, -0.15) is 0 Å². The molecule has 0 aliphatic carbocycles. The number of amides is 1. The third-order valence-corrected chi connectivity index (χ3v) is 5.66. The molecule has 6 heteroatoms. The van der Waals surface area contributed by atoms with E-state index in [1.165, 1.54) is 11.6 Å². The monoisotopic (exact) mass is 421 g/mol. The fraction of sp³-hybridized carbons (Fsp3) is 0.400. The molecule has 2 aromatic carbocycles. The maximum atomic E-state index is 11.9. The van der Waals surface area contributed by atoms with Gasteiger partial charge in [-0.3, -0.25) is 9.69 Å². The number of anilines is 1. The van der Waals surface area contributed by atoms with E-state index < -0.39 is 0 Å². The lowest BCUT2D eigenvalue weighted by molar-refractivity contribution is -0.198. The van der Waals surface area contributed by atoms with Crippen LogP contribution in [0.3, 0.4) is 0 Å². The van der Waals surface area contributed by atoms with Crippen LogP contribution in [-0.2, 0) is 20.9 Å². The van der Waals surface area contributed by atoms with Crippen molar-refractivity contribution in [3.63, 3.8) is 0 Å². The number of benzene rings is 2. The van der Waals surface area contributed by atoms with Gasteiger partial charge in [-0.1, -0.05) is 42.5 Å². The summed E-state index contributed by atoms with van der Waals surface area (Å²) in [5.74, 6) is -0.291. The molecule has 2 aliphatic rings. The summed E-state index contributed by atoms with van der Waals surface area (Å²) in [5, 5.41) is 3.63. The second-order valence-corrected chi connectivity index (χ2v) is 8.19. The van der Waals surface area contributed by atoms with Crippen LogP contribution < -0.4 is 10.8 Å². The molecule has 2 aromatic rings. The van der Waals surface area contributed by atoms with E-state index in [9.17, 15) is 4.79 Å². The largest absolute Gasteiger partial charge is 0.381 e. The summed E-state index contributed by atoms with van der Waals surface area (Å²) in [6.45, 7) is 3.84. The summed E-state index contributed by atoms with van der Waals surface area (Å²) >= 11 is 0. The Bertz CT molecular complexity index is 848. The molecule has 1 unspecified atom stereocenters. The zero-order chi connectivity index (χ0) is 21.3. The molecule has 4 rings (SSSR count). The van der Waals surface area contributed by atoms with Gasteiger partial charge in [-0.25, -0.2) is 10.3 Å². The maximum Gasteiger partial charge on any atom is 0.267 e. The Labute approximate surface area is 184 Å². The highest BCUT2D eigenvalue weighted by Gasteiger charge is 2.22. The molecule has 2 aliphatic heterocycles. The average Bonchev–Trinajstić information content (AvgIpc) is 3.25. The van der Waals surface area contributed by atoms with Gasteiger partial charge < -0.3 is 10.1 Å². The van der Waals surface area contributed by atoms with Crippen LogP contribution in [-0.4, -0.2) is 42.8 Å². The molecular formula is C25H31N3O3. The summed E-state index contributed by atoms with van der Waals surface area (Å²) in [6, 6.07) is 19.2. The van der Waals surface area contributed by atoms with Gasteiger partial charge in [0.2, 0.25) is 0 Å². The van der Waals surface area contributed by atoms with Crippen molar-refractivity contribution >= 4 is 17.7 Å². The average molecular weight is 422 g/mol. The van der Waals surface area contributed by atoms with E-state index in [-0.39, 0.29) is 12.2 Å².